The molecule has 0 atom stereocenters. The van der Waals surface area contributed by atoms with E-state index in [1.54, 1.807) is 42.5 Å². The highest BCUT2D eigenvalue weighted by atomic mass is 35.5. The van der Waals surface area contributed by atoms with Crippen LogP contribution in [0.5, 0.6) is 5.75 Å². The number of halogens is 2. The van der Waals surface area contributed by atoms with E-state index in [0.29, 0.717) is 28.0 Å². The van der Waals surface area contributed by atoms with Gasteiger partial charge in [-0.25, -0.2) is 4.79 Å². The lowest BCUT2D eigenvalue weighted by molar-refractivity contribution is 0.0696. The van der Waals surface area contributed by atoms with Crippen LogP contribution < -0.4 is 10.1 Å². The van der Waals surface area contributed by atoms with Gasteiger partial charge < -0.3 is 15.2 Å². The molecule has 0 aromatic heterocycles. The minimum absolute atomic E-state index is 0.189. The van der Waals surface area contributed by atoms with Gasteiger partial charge in [-0.15, -0.1) is 0 Å². The van der Waals surface area contributed by atoms with Crippen LogP contribution in [-0.2, 0) is 13.2 Å². The van der Waals surface area contributed by atoms with Crippen LogP contribution in [0.15, 0.2) is 66.7 Å². The number of benzene rings is 3. The number of amides is 1. The Bertz CT molecular complexity index is 1020. The molecule has 0 saturated heterocycles. The molecule has 3 rings (SSSR count). The molecule has 0 heterocycles. The van der Waals surface area contributed by atoms with Gasteiger partial charge in [-0.1, -0.05) is 47.5 Å². The van der Waals surface area contributed by atoms with Crippen molar-refractivity contribution in [1.82, 2.24) is 5.32 Å². The van der Waals surface area contributed by atoms with Crippen molar-refractivity contribution in [2.75, 3.05) is 0 Å². The van der Waals surface area contributed by atoms with Crippen molar-refractivity contribution in [3.05, 3.63) is 99.0 Å². The van der Waals surface area contributed by atoms with Crippen LogP contribution in [0.2, 0.25) is 10.0 Å². The van der Waals surface area contributed by atoms with E-state index in [-0.39, 0.29) is 18.0 Å². The fourth-order valence-electron chi connectivity index (χ4n) is 2.56. The largest absolute Gasteiger partial charge is 0.489 e. The number of aromatic carboxylic acids is 1. The SMILES string of the molecule is O=C(O)c1ccc(CNC(=O)c2cc(OCc3ccc(Cl)cc3)ccc2Cl)cc1. The van der Waals surface area contributed by atoms with Gasteiger partial charge in [0.15, 0.2) is 0 Å². The second-order valence-electron chi connectivity index (χ2n) is 6.24. The predicted octanol–water partition coefficient (Wildman–Crippen LogP) is 5.20. The topological polar surface area (TPSA) is 75.6 Å². The first kappa shape index (κ1) is 20.7. The van der Waals surface area contributed by atoms with E-state index in [4.69, 9.17) is 33.0 Å². The molecule has 3 aromatic rings. The minimum atomic E-state index is -0.997. The lowest BCUT2D eigenvalue weighted by Gasteiger charge is -2.11. The molecule has 0 aliphatic heterocycles. The summed E-state index contributed by atoms with van der Waals surface area (Å²) in [5.74, 6) is -0.836. The van der Waals surface area contributed by atoms with Crippen LogP contribution >= 0.6 is 23.2 Å². The monoisotopic (exact) mass is 429 g/mol. The Balaban J connectivity index is 1.62. The van der Waals surface area contributed by atoms with E-state index >= 15 is 0 Å². The lowest BCUT2D eigenvalue weighted by Crippen LogP contribution is -2.23. The number of carbonyl (C=O) groups excluding carboxylic acids is 1. The van der Waals surface area contributed by atoms with Gasteiger partial charge in [0.2, 0.25) is 0 Å². The normalized spacial score (nSPS) is 10.4. The summed E-state index contributed by atoms with van der Waals surface area (Å²) < 4.78 is 5.74. The number of hydrogen-bond acceptors (Lipinski definition) is 3. The van der Waals surface area contributed by atoms with Crippen LogP contribution in [-0.4, -0.2) is 17.0 Å². The van der Waals surface area contributed by atoms with E-state index in [9.17, 15) is 9.59 Å². The van der Waals surface area contributed by atoms with E-state index in [1.807, 2.05) is 12.1 Å². The minimum Gasteiger partial charge on any atom is -0.489 e. The van der Waals surface area contributed by atoms with Crippen LogP contribution in [0, 0.1) is 0 Å². The first-order valence-corrected chi connectivity index (χ1v) is 9.45. The van der Waals surface area contributed by atoms with E-state index < -0.39 is 5.97 Å². The van der Waals surface area contributed by atoms with Crippen LogP contribution in [0.4, 0.5) is 0 Å². The van der Waals surface area contributed by atoms with Crippen molar-refractivity contribution < 1.29 is 19.4 Å². The molecule has 3 aromatic carbocycles. The third-order valence-electron chi connectivity index (χ3n) is 4.16. The zero-order valence-corrected chi connectivity index (χ0v) is 16.7. The molecule has 7 heteroatoms. The molecule has 0 radical (unpaired) electrons. The Morgan fingerprint density at radius 3 is 2.21 bits per heavy atom. The number of rotatable bonds is 7. The molecule has 2 N–H and O–H groups in total. The van der Waals surface area contributed by atoms with E-state index in [0.717, 1.165) is 11.1 Å². The van der Waals surface area contributed by atoms with Gasteiger partial charge in [0.05, 0.1) is 16.1 Å². The number of carboxylic acid groups (broad SMARTS) is 1. The number of hydrogen-bond donors (Lipinski definition) is 2. The van der Waals surface area contributed by atoms with Gasteiger partial charge in [-0.05, 0) is 53.6 Å². The highest BCUT2D eigenvalue weighted by molar-refractivity contribution is 6.33. The number of nitrogens with one attached hydrogen (secondary N) is 1. The standard InChI is InChI=1S/C22H17Cl2NO4/c23-17-7-3-15(4-8-17)13-29-18-9-10-20(24)19(11-18)21(26)25-12-14-1-5-16(6-2-14)22(27)28/h1-11H,12-13H2,(H,25,26)(H,27,28). The van der Waals surface area contributed by atoms with Crippen molar-refractivity contribution in [3.63, 3.8) is 0 Å². The summed E-state index contributed by atoms with van der Waals surface area (Å²) in [5.41, 5.74) is 2.20. The van der Waals surface area contributed by atoms with Gasteiger partial charge in [0, 0.05) is 11.6 Å². The summed E-state index contributed by atoms with van der Waals surface area (Å²) in [7, 11) is 0. The van der Waals surface area contributed by atoms with E-state index in [2.05, 4.69) is 5.32 Å². The summed E-state index contributed by atoms with van der Waals surface area (Å²) in [6.07, 6.45) is 0. The van der Waals surface area contributed by atoms with Crippen molar-refractivity contribution in [3.8, 4) is 5.75 Å². The van der Waals surface area contributed by atoms with Crippen LogP contribution in [0.1, 0.15) is 31.8 Å². The van der Waals surface area contributed by atoms with Gasteiger partial charge in [-0.3, -0.25) is 4.79 Å². The third-order valence-corrected chi connectivity index (χ3v) is 4.74. The third kappa shape index (κ3) is 5.73. The molecule has 0 saturated carbocycles. The fraction of sp³-hybridized carbons (Fsp3) is 0.0909. The van der Waals surface area contributed by atoms with Gasteiger partial charge in [-0.2, -0.15) is 0 Å². The Labute approximate surface area is 177 Å². The molecule has 29 heavy (non-hydrogen) atoms. The predicted molar refractivity (Wildman–Crippen MR) is 112 cm³/mol. The summed E-state index contributed by atoms with van der Waals surface area (Å²) in [5, 5.41) is 12.7. The summed E-state index contributed by atoms with van der Waals surface area (Å²) >= 11 is 12.0. The molecule has 0 aliphatic rings. The maximum absolute atomic E-state index is 12.5. The first-order valence-electron chi connectivity index (χ1n) is 8.69. The number of carbonyl (C=O) groups is 2. The highest BCUT2D eigenvalue weighted by Gasteiger charge is 2.12. The fourth-order valence-corrected chi connectivity index (χ4v) is 2.89. The average molecular weight is 430 g/mol. The van der Waals surface area contributed by atoms with Crippen molar-refractivity contribution >= 4 is 35.1 Å². The Morgan fingerprint density at radius 1 is 0.897 bits per heavy atom. The van der Waals surface area contributed by atoms with Crippen LogP contribution in [0.25, 0.3) is 0 Å². The average Bonchev–Trinajstić information content (AvgIpc) is 2.73. The number of ether oxygens (including phenoxy) is 1. The van der Waals surface area contributed by atoms with Crippen molar-refractivity contribution in [1.29, 1.82) is 0 Å². The van der Waals surface area contributed by atoms with Gasteiger partial charge in [0.25, 0.3) is 5.91 Å². The first-order chi connectivity index (χ1) is 13.9. The molecule has 0 unspecified atom stereocenters. The summed E-state index contributed by atoms with van der Waals surface area (Å²) in [4.78, 5) is 23.4. The maximum Gasteiger partial charge on any atom is 0.335 e. The highest BCUT2D eigenvalue weighted by Crippen LogP contribution is 2.23. The van der Waals surface area contributed by atoms with E-state index in [1.165, 1.54) is 12.1 Å². The Morgan fingerprint density at radius 2 is 1.55 bits per heavy atom. The molecular weight excluding hydrogens is 413 g/mol. The van der Waals surface area contributed by atoms with Crippen molar-refractivity contribution in [2.45, 2.75) is 13.2 Å². The summed E-state index contributed by atoms with van der Waals surface area (Å²) in [6, 6.07) is 18.4. The maximum atomic E-state index is 12.5. The second-order valence-corrected chi connectivity index (χ2v) is 7.09. The molecule has 0 spiro atoms. The smallest absolute Gasteiger partial charge is 0.335 e. The van der Waals surface area contributed by atoms with Gasteiger partial charge in [0.1, 0.15) is 12.4 Å². The molecule has 1 amide bonds. The zero-order chi connectivity index (χ0) is 20.8. The van der Waals surface area contributed by atoms with Crippen LogP contribution in [0.3, 0.4) is 0 Å². The Hall–Kier alpha value is -3.02. The molecule has 0 fully saturated rings. The second kappa shape index (κ2) is 9.45. The number of carboxylic acids is 1. The van der Waals surface area contributed by atoms with Gasteiger partial charge >= 0.3 is 5.97 Å². The molecule has 148 valence electrons. The zero-order valence-electron chi connectivity index (χ0n) is 15.2. The lowest BCUT2D eigenvalue weighted by atomic mass is 10.1. The summed E-state index contributed by atoms with van der Waals surface area (Å²) in [6.45, 7) is 0.570. The Kier molecular flexibility index (Phi) is 6.75. The molecule has 5 nitrogen and oxygen atoms in total. The molecular formula is C22H17Cl2NO4. The quantitative estimate of drug-likeness (QED) is 0.540. The molecule has 0 bridgehead atoms. The van der Waals surface area contributed by atoms with Crippen molar-refractivity contribution in [2.24, 2.45) is 0 Å². The molecule has 0 aliphatic carbocycles.